The van der Waals surface area contributed by atoms with Gasteiger partial charge in [0.15, 0.2) is 0 Å². The van der Waals surface area contributed by atoms with Gasteiger partial charge in [0.2, 0.25) is 0 Å². The molecule has 1 atom stereocenters. The van der Waals surface area contributed by atoms with Gasteiger partial charge in [-0.15, -0.1) is 0 Å². The Labute approximate surface area is 121 Å². The van der Waals surface area contributed by atoms with Crippen molar-refractivity contribution in [2.75, 3.05) is 6.54 Å². The highest BCUT2D eigenvalue weighted by Gasteiger charge is 2.25. The molecule has 20 heavy (non-hydrogen) atoms. The van der Waals surface area contributed by atoms with Crippen molar-refractivity contribution in [1.82, 2.24) is 10.3 Å². The maximum atomic E-state index is 4.64. The van der Waals surface area contributed by atoms with Crippen LogP contribution in [0.4, 0.5) is 0 Å². The molecule has 0 spiro atoms. The molecule has 0 amide bonds. The number of hydrogen-bond donors (Lipinski definition) is 1. The summed E-state index contributed by atoms with van der Waals surface area (Å²) < 4.78 is 0. The van der Waals surface area contributed by atoms with Crippen LogP contribution in [-0.4, -0.2) is 11.5 Å². The highest BCUT2D eigenvalue weighted by atomic mass is 14.9. The van der Waals surface area contributed by atoms with Crippen LogP contribution in [0.25, 0.3) is 10.9 Å². The van der Waals surface area contributed by atoms with Crippen molar-refractivity contribution in [3.63, 3.8) is 0 Å². The molecule has 2 heteroatoms. The number of aromatic nitrogens is 1. The lowest BCUT2D eigenvalue weighted by Crippen LogP contribution is -2.29. The fraction of sp³-hybridized carbons (Fsp3) is 0.500. The van der Waals surface area contributed by atoms with E-state index >= 15 is 0 Å². The van der Waals surface area contributed by atoms with Crippen LogP contribution in [0, 0.1) is 5.92 Å². The van der Waals surface area contributed by atoms with E-state index in [0.717, 1.165) is 12.5 Å². The summed E-state index contributed by atoms with van der Waals surface area (Å²) in [7, 11) is 0. The standard InChI is InChI=1S/C18H24N2/c1-2-19-17(14-8-4-3-5-9-14)16-12-6-10-15-11-7-13-20-18(15)16/h6-7,10-14,17,19H,2-5,8-9H2,1H3. The first kappa shape index (κ1) is 13.6. The van der Waals surface area contributed by atoms with Crippen LogP contribution in [0.2, 0.25) is 0 Å². The molecule has 0 aliphatic heterocycles. The molecular weight excluding hydrogens is 244 g/mol. The third-order valence-corrected chi connectivity index (χ3v) is 4.54. The molecule has 0 radical (unpaired) electrons. The summed E-state index contributed by atoms with van der Waals surface area (Å²) in [5.41, 5.74) is 2.56. The predicted molar refractivity (Wildman–Crippen MR) is 84.7 cm³/mol. The smallest absolute Gasteiger partial charge is 0.0749 e. The molecular formula is C18H24N2. The van der Waals surface area contributed by atoms with Gasteiger partial charge in [-0.2, -0.15) is 0 Å². The van der Waals surface area contributed by atoms with Crippen molar-refractivity contribution in [1.29, 1.82) is 0 Å². The Morgan fingerprint density at radius 3 is 2.75 bits per heavy atom. The van der Waals surface area contributed by atoms with Gasteiger partial charge in [-0.1, -0.05) is 50.5 Å². The zero-order chi connectivity index (χ0) is 13.8. The van der Waals surface area contributed by atoms with Crippen LogP contribution in [0.15, 0.2) is 36.5 Å². The van der Waals surface area contributed by atoms with E-state index in [-0.39, 0.29) is 0 Å². The fourth-order valence-electron chi connectivity index (χ4n) is 3.60. The Balaban J connectivity index is 2.00. The minimum Gasteiger partial charge on any atom is -0.310 e. The quantitative estimate of drug-likeness (QED) is 0.885. The molecule has 106 valence electrons. The molecule has 1 N–H and O–H groups in total. The van der Waals surface area contributed by atoms with Crippen LogP contribution in [-0.2, 0) is 0 Å². The zero-order valence-electron chi connectivity index (χ0n) is 12.3. The minimum atomic E-state index is 0.457. The summed E-state index contributed by atoms with van der Waals surface area (Å²) >= 11 is 0. The Kier molecular flexibility index (Phi) is 4.31. The number of nitrogens with zero attached hydrogens (tertiary/aromatic N) is 1. The van der Waals surface area contributed by atoms with Crippen LogP contribution in [0.5, 0.6) is 0 Å². The first-order valence-corrected chi connectivity index (χ1v) is 7.97. The van der Waals surface area contributed by atoms with E-state index < -0.39 is 0 Å². The van der Waals surface area contributed by atoms with Crippen LogP contribution in [0.1, 0.15) is 50.6 Å². The molecule has 0 saturated heterocycles. The van der Waals surface area contributed by atoms with Gasteiger partial charge in [0, 0.05) is 17.6 Å². The van der Waals surface area contributed by atoms with E-state index in [2.05, 4.69) is 41.5 Å². The van der Waals surface area contributed by atoms with Crippen LogP contribution < -0.4 is 5.32 Å². The summed E-state index contributed by atoms with van der Waals surface area (Å²) in [6.07, 6.45) is 8.77. The third kappa shape index (κ3) is 2.71. The van der Waals surface area contributed by atoms with E-state index in [4.69, 9.17) is 0 Å². The molecule has 1 aliphatic carbocycles. The van der Waals surface area contributed by atoms with Crippen molar-refractivity contribution in [2.24, 2.45) is 5.92 Å². The second kappa shape index (κ2) is 6.36. The SMILES string of the molecule is CCNC(c1cccc2cccnc12)C1CCCCC1. The van der Waals surface area contributed by atoms with E-state index in [0.29, 0.717) is 6.04 Å². The second-order valence-electron chi connectivity index (χ2n) is 5.86. The molecule has 1 unspecified atom stereocenters. The highest BCUT2D eigenvalue weighted by Crippen LogP contribution is 2.36. The van der Waals surface area contributed by atoms with Gasteiger partial charge in [0.1, 0.15) is 0 Å². The lowest BCUT2D eigenvalue weighted by molar-refractivity contribution is 0.275. The van der Waals surface area contributed by atoms with Gasteiger partial charge in [-0.05, 0) is 36.9 Å². The van der Waals surface area contributed by atoms with Gasteiger partial charge in [0.25, 0.3) is 0 Å². The first-order valence-electron chi connectivity index (χ1n) is 7.97. The lowest BCUT2D eigenvalue weighted by Gasteiger charge is -2.31. The molecule has 3 rings (SSSR count). The third-order valence-electron chi connectivity index (χ3n) is 4.54. The van der Waals surface area contributed by atoms with Gasteiger partial charge in [0.05, 0.1) is 5.52 Å². The number of hydrogen-bond acceptors (Lipinski definition) is 2. The number of nitrogens with one attached hydrogen (secondary N) is 1. The van der Waals surface area contributed by atoms with Crippen molar-refractivity contribution in [3.05, 3.63) is 42.1 Å². The Morgan fingerprint density at radius 2 is 1.95 bits per heavy atom. The van der Waals surface area contributed by atoms with Gasteiger partial charge in [-0.25, -0.2) is 0 Å². The number of pyridine rings is 1. The Bertz CT molecular complexity index is 553. The van der Waals surface area contributed by atoms with Crippen molar-refractivity contribution in [2.45, 2.75) is 45.1 Å². The van der Waals surface area contributed by atoms with Crippen LogP contribution >= 0.6 is 0 Å². The monoisotopic (exact) mass is 268 g/mol. The van der Waals surface area contributed by atoms with Crippen molar-refractivity contribution in [3.8, 4) is 0 Å². The highest BCUT2D eigenvalue weighted by molar-refractivity contribution is 5.82. The molecule has 2 nitrogen and oxygen atoms in total. The summed E-state index contributed by atoms with van der Waals surface area (Å²) in [6.45, 7) is 3.22. The molecule has 2 aromatic rings. The molecule has 1 aromatic carbocycles. The summed E-state index contributed by atoms with van der Waals surface area (Å²) in [5.74, 6) is 0.760. The van der Waals surface area contributed by atoms with Crippen molar-refractivity contribution < 1.29 is 0 Å². The maximum Gasteiger partial charge on any atom is 0.0749 e. The van der Waals surface area contributed by atoms with E-state index in [1.165, 1.54) is 48.6 Å². The normalized spacial score (nSPS) is 18.2. The molecule has 1 heterocycles. The van der Waals surface area contributed by atoms with E-state index in [9.17, 15) is 0 Å². The van der Waals surface area contributed by atoms with E-state index in [1.807, 2.05) is 12.3 Å². The molecule has 1 aromatic heterocycles. The summed E-state index contributed by atoms with van der Waals surface area (Å²) in [6, 6.07) is 11.2. The number of rotatable bonds is 4. The topological polar surface area (TPSA) is 24.9 Å². The van der Waals surface area contributed by atoms with Gasteiger partial charge >= 0.3 is 0 Å². The molecule has 0 bridgehead atoms. The predicted octanol–water partition coefficient (Wildman–Crippen LogP) is 4.47. The number of benzene rings is 1. The second-order valence-corrected chi connectivity index (χ2v) is 5.86. The minimum absolute atomic E-state index is 0.457. The van der Waals surface area contributed by atoms with Crippen molar-refractivity contribution >= 4 is 10.9 Å². The van der Waals surface area contributed by atoms with Crippen LogP contribution in [0.3, 0.4) is 0 Å². The largest absolute Gasteiger partial charge is 0.310 e. The molecule has 1 aliphatic rings. The Morgan fingerprint density at radius 1 is 1.15 bits per heavy atom. The average molecular weight is 268 g/mol. The van der Waals surface area contributed by atoms with Gasteiger partial charge in [-0.3, -0.25) is 4.98 Å². The fourth-order valence-corrected chi connectivity index (χ4v) is 3.60. The average Bonchev–Trinajstić information content (AvgIpc) is 2.53. The number of fused-ring (bicyclic) bond motifs is 1. The van der Waals surface area contributed by atoms with Gasteiger partial charge < -0.3 is 5.32 Å². The summed E-state index contributed by atoms with van der Waals surface area (Å²) in [5, 5.41) is 4.97. The zero-order valence-corrected chi connectivity index (χ0v) is 12.3. The maximum absolute atomic E-state index is 4.64. The molecule has 1 saturated carbocycles. The summed E-state index contributed by atoms with van der Waals surface area (Å²) in [4.78, 5) is 4.64. The first-order chi connectivity index (χ1) is 9.90. The number of para-hydroxylation sites is 1. The van der Waals surface area contributed by atoms with E-state index in [1.54, 1.807) is 0 Å². The molecule has 1 fully saturated rings. The lowest BCUT2D eigenvalue weighted by atomic mass is 9.80. The Hall–Kier alpha value is -1.41.